The number of amides is 1. The van der Waals surface area contributed by atoms with Crippen molar-refractivity contribution in [2.75, 3.05) is 23.6 Å². The lowest BCUT2D eigenvalue weighted by Crippen LogP contribution is -2.35. The minimum absolute atomic E-state index is 0.0220. The Morgan fingerprint density at radius 3 is 2.62 bits per heavy atom. The van der Waals surface area contributed by atoms with E-state index in [9.17, 15) is 13.2 Å². The molecular formula is C15H22N2O3S. The monoisotopic (exact) mass is 310 g/mol. The molecule has 0 spiro atoms. The van der Waals surface area contributed by atoms with Crippen LogP contribution in [0.25, 0.3) is 0 Å². The molecule has 1 amide bonds. The highest BCUT2D eigenvalue weighted by Crippen LogP contribution is 2.17. The first kappa shape index (κ1) is 15.8. The molecule has 1 aliphatic rings. The Kier molecular flexibility index (Phi) is 5.22. The lowest BCUT2D eigenvalue weighted by molar-refractivity contribution is 0.0724. The Morgan fingerprint density at radius 2 is 1.95 bits per heavy atom. The van der Waals surface area contributed by atoms with Crippen LogP contribution in [0.5, 0.6) is 0 Å². The van der Waals surface area contributed by atoms with Crippen LogP contribution in [0, 0.1) is 0 Å². The van der Waals surface area contributed by atoms with Crippen molar-refractivity contribution < 1.29 is 13.2 Å². The molecule has 5 nitrogen and oxygen atoms in total. The number of nitrogens with one attached hydrogen (secondary N) is 1. The fraction of sp³-hybridized carbons (Fsp3) is 0.533. The van der Waals surface area contributed by atoms with E-state index in [0.29, 0.717) is 17.7 Å². The second kappa shape index (κ2) is 6.93. The average Bonchev–Trinajstić information content (AvgIpc) is 2.47. The van der Waals surface area contributed by atoms with Gasteiger partial charge in [0.1, 0.15) is 0 Å². The number of piperidine rings is 1. The predicted octanol–water partition coefficient (Wildman–Crippen LogP) is 2.46. The second-order valence-corrected chi connectivity index (χ2v) is 7.20. The number of benzene rings is 1. The van der Waals surface area contributed by atoms with Crippen molar-refractivity contribution in [1.29, 1.82) is 0 Å². The normalized spacial score (nSPS) is 15.8. The maximum atomic E-state index is 12.4. The molecule has 0 aromatic heterocycles. The van der Waals surface area contributed by atoms with E-state index in [1.165, 1.54) is 6.42 Å². The third-order valence-corrected chi connectivity index (χ3v) is 4.99. The Hall–Kier alpha value is -1.56. The van der Waals surface area contributed by atoms with E-state index in [0.717, 1.165) is 25.9 Å². The summed E-state index contributed by atoms with van der Waals surface area (Å²) in [7, 11) is -3.33. The number of anilines is 1. The van der Waals surface area contributed by atoms with Gasteiger partial charge in [-0.05, 0) is 43.9 Å². The Balaban J connectivity index is 2.11. The Morgan fingerprint density at radius 1 is 1.24 bits per heavy atom. The standard InChI is InChI=1S/C15H22N2O3S/c1-2-11-21(19,20)16-14-8-6-7-13(12-14)15(18)17-9-4-3-5-10-17/h6-8,12,16H,2-5,9-11H2,1H3. The summed E-state index contributed by atoms with van der Waals surface area (Å²) in [5, 5.41) is 0. The van der Waals surface area contributed by atoms with Gasteiger partial charge in [-0.2, -0.15) is 0 Å². The second-order valence-electron chi connectivity index (χ2n) is 5.35. The third-order valence-electron chi connectivity index (χ3n) is 3.50. The molecular weight excluding hydrogens is 288 g/mol. The molecule has 1 heterocycles. The zero-order valence-electron chi connectivity index (χ0n) is 12.3. The largest absolute Gasteiger partial charge is 0.339 e. The van der Waals surface area contributed by atoms with Crippen LogP contribution in [0.4, 0.5) is 5.69 Å². The van der Waals surface area contributed by atoms with Crippen molar-refractivity contribution in [3.8, 4) is 0 Å². The average molecular weight is 310 g/mol. The summed E-state index contributed by atoms with van der Waals surface area (Å²) >= 11 is 0. The first-order chi connectivity index (χ1) is 10.0. The first-order valence-corrected chi connectivity index (χ1v) is 9.07. The van der Waals surface area contributed by atoms with Gasteiger partial charge >= 0.3 is 0 Å². The number of carbonyl (C=O) groups is 1. The molecule has 1 saturated heterocycles. The molecule has 1 aromatic carbocycles. The van der Waals surface area contributed by atoms with E-state index in [-0.39, 0.29) is 11.7 Å². The van der Waals surface area contributed by atoms with Crippen molar-refractivity contribution in [2.24, 2.45) is 0 Å². The molecule has 1 fully saturated rings. The molecule has 1 aromatic rings. The summed E-state index contributed by atoms with van der Waals surface area (Å²) < 4.78 is 26.1. The lowest BCUT2D eigenvalue weighted by Gasteiger charge is -2.26. The van der Waals surface area contributed by atoms with Gasteiger partial charge in [0.15, 0.2) is 0 Å². The van der Waals surface area contributed by atoms with Crippen molar-refractivity contribution in [3.05, 3.63) is 29.8 Å². The Bertz CT molecular complexity index is 593. The molecule has 0 bridgehead atoms. The van der Waals surface area contributed by atoms with Crippen molar-refractivity contribution >= 4 is 21.6 Å². The molecule has 1 aliphatic heterocycles. The van der Waals surface area contributed by atoms with Gasteiger partial charge < -0.3 is 4.90 Å². The van der Waals surface area contributed by atoms with Gasteiger partial charge in [0.05, 0.1) is 5.75 Å². The molecule has 116 valence electrons. The Labute approximate surface area is 126 Å². The van der Waals surface area contributed by atoms with Crippen LogP contribution < -0.4 is 4.72 Å². The fourth-order valence-corrected chi connectivity index (χ4v) is 3.62. The zero-order valence-corrected chi connectivity index (χ0v) is 13.2. The van der Waals surface area contributed by atoms with E-state index in [1.807, 2.05) is 11.8 Å². The molecule has 2 rings (SSSR count). The molecule has 0 unspecified atom stereocenters. The summed E-state index contributed by atoms with van der Waals surface area (Å²) in [6.07, 6.45) is 3.80. The molecule has 0 atom stereocenters. The van der Waals surface area contributed by atoms with E-state index in [4.69, 9.17) is 0 Å². The van der Waals surface area contributed by atoms with Gasteiger partial charge in [0.2, 0.25) is 10.0 Å². The van der Waals surface area contributed by atoms with Gasteiger partial charge in [0, 0.05) is 24.3 Å². The van der Waals surface area contributed by atoms with Gasteiger partial charge in [-0.15, -0.1) is 0 Å². The highest BCUT2D eigenvalue weighted by Gasteiger charge is 2.18. The van der Waals surface area contributed by atoms with Crippen LogP contribution in [-0.2, 0) is 10.0 Å². The van der Waals surface area contributed by atoms with E-state index in [2.05, 4.69) is 4.72 Å². The maximum absolute atomic E-state index is 12.4. The molecule has 6 heteroatoms. The minimum Gasteiger partial charge on any atom is -0.339 e. The van der Waals surface area contributed by atoms with E-state index >= 15 is 0 Å². The maximum Gasteiger partial charge on any atom is 0.253 e. The molecule has 0 saturated carbocycles. The minimum atomic E-state index is -3.33. The summed E-state index contributed by atoms with van der Waals surface area (Å²) in [5.41, 5.74) is 0.986. The van der Waals surface area contributed by atoms with Crippen LogP contribution in [0.2, 0.25) is 0 Å². The van der Waals surface area contributed by atoms with Crippen LogP contribution in [0.3, 0.4) is 0 Å². The van der Waals surface area contributed by atoms with E-state index < -0.39 is 10.0 Å². The van der Waals surface area contributed by atoms with E-state index in [1.54, 1.807) is 24.3 Å². The summed E-state index contributed by atoms with van der Waals surface area (Å²) in [6.45, 7) is 3.38. The highest BCUT2D eigenvalue weighted by atomic mass is 32.2. The number of rotatable bonds is 5. The topological polar surface area (TPSA) is 66.5 Å². The molecule has 0 radical (unpaired) electrons. The number of nitrogens with zero attached hydrogens (tertiary/aromatic N) is 1. The van der Waals surface area contributed by atoms with Crippen LogP contribution in [0.1, 0.15) is 43.0 Å². The van der Waals surface area contributed by atoms with Crippen molar-refractivity contribution in [3.63, 3.8) is 0 Å². The van der Waals surface area contributed by atoms with Crippen LogP contribution >= 0.6 is 0 Å². The zero-order chi connectivity index (χ0) is 15.3. The van der Waals surface area contributed by atoms with Gasteiger partial charge in [0.25, 0.3) is 5.91 Å². The predicted molar refractivity (Wildman–Crippen MR) is 83.9 cm³/mol. The number of carbonyl (C=O) groups excluding carboxylic acids is 1. The number of hydrogen-bond acceptors (Lipinski definition) is 3. The number of sulfonamides is 1. The SMILES string of the molecule is CCCS(=O)(=O)Nc1cccc(C(=O)N2CCCCC2)c1. The molecule has 21 heavy (non-hydrogen) atoms. The van der Waals surface area contributed by atoms with Crippen LogP contribution in [-0.4, -0.2) is 38.1 Å². The third kappa shape index (κ3) is 4.46. The lowest BCUT2D eigenvalue weighted by atomic mass is 10.1. The van der Waals surface area contributed by atoms with Crippen molar-refractivity contribution in [1.82, 2.24) is 4.90 Å². The summed E-state index contributed by atoms with van der Waals surface area (Å²) in [6, 6.07) is 6.72. The number of likely N-dealkylation sites (tertiary alicyclic amines) is 1. The molecule has 1 N–H and O–H groups in total. The first-order valence-electron chi connectivity index (χ1n) is 7.41. The van der Waals surface area contributed by atoms with Gasteiger partial charge in [-0.1, -0.05) is 13.0 Å². The van der Waals surface area contributed by atoms with Gasteiger partial charge in [-0.3, -0.25) is 9.52 Å². The van der Waals surface area contributed by atoms with Crippen molar-refractivity contribution in [2.45, 2.75) is 32.6 Å². The van der Waals surface area contributed by atoms with Crippen LogP contribution in [0.15, 0.2) is 24.3 Å². The summed E-state index contributed by atoms with van der Waals surface area (Å²) in [4.78, 5) is 14.2. The smallest absolute Gasteiger partial charge is 0.253 e. The molecule has 0 aliphatic carbocycles. The summed E-state index contributed by atoms with van der Waals surface area (Å²) in [5.74, 6) is 0.0587. The van der Waals surface area contributed by atoms with Gasteiger partial charge in [-0.25, -0.2) is 8.42 Å². The number of hydrogen-bond donors (Lipinski definition) is 1. The fourth-order valence-electron chi connectivity index (χ4n) is 2.49. The quantitative estimate of drug-likeness (QED) is 0.908. The highest BCUT2D eigenvalue weighted by molar-refractivity contribution is 7.92.